The summed E-state index contributed by atoms with van der Waals surface area (Å²) < 4.78 is 20.3. The van der Waals surface area contributed by atoms with Crippen molar-refractivity contribution in [1.29, 1.82) is 0 Å². The summed E-state index contributed by atoms with van der Waals surface area (Å²) in [6.07, 6.45) is 9.86. The molecule has 0 spiro atoms. The second-order valence-electron chi connectivity index (χ2n) is 9.15. The van der Waals surface area contributed by atoms with Crippen molar-refractivity contribution in [1.82, 2.24) is 0 Å². The molecule has 0 unspecified atom stereocenters. The van der Waals surface area contributed by atoms with E-state index in [9.17, 15) is 9.59 Å². The Morgan fingerprint density at radius 2 is 1.56 bits per heavy atom. The van der Waals surface area contributed by atoms with Crippen LogP contribution in [0.25, 0.3) is 0 Å². The van der Waals surface area contributed by atoms with Crippen LogP contribution in [0.1, 0.15) is 68.1 Å². The van der Waals surface area contributed by atoms with Crippen molar-refractivity contribution >= 4 is 28.9 Å². The van der Waals surface area contributed by atoms with Crippen LogP contribution >= 0.6 is 0 Å². The highest BCUT2D eigenvalue weighted by molar-refractivity contribution is 6.08. The number of ether oxygens (including phenoxy) is 1. The number of anilines is 3. The normalized spacial score (nSPS) is 16.7. The number of rotatable bonds is 9. The fourth-order valence-electron chi connectivity index (χ4n) is 4.76. The Kier molecular flexibility index (Phi) is 7.87. The van der Waals surface area contributed by atoms with E-state index in [0.717, 1.165) is 51.4 Å². The third kappa shape index (κ3) is 6.40. The zero-order valence-corrected chi connectivity index (χ0v) is 19.2. The second kappa shape index (κ2) is 11.2. The number of hydrogen-bond donors (Lipinski definition) is 4. The maximum Gasteiger partial charge on any atom is 0.341 e. The number of amides is 1. The topological polar surface area (TPSA) is 99.7 Å². The van der Waals surface area contributed by atoms with E-state index < -0.39 is 24.3 Å². The number of carboxylic acid groups (broad SMARTS) is 1. The fraction of sp³-hybridized carbons (Fsp3) is 0.462. The van der Waals surface area contributed by atoms with E-state index in [2.05, 4.69) is 16.0 Å². The summed E-state index contributed by atoms with van der Waals surface area (Å²) in [6.45, 7) is -0.479. The molecule has 2 aliphatic rings. The lowest BCUT2D eigenvalue weighted by Gasteiger charge is -2.25. The Labute approximate surface area is 199 Å². The molecular weight excluding hydrogens is 437 g/mol. The van der Waals surface area contributed by atoms with Gasteiger partial charge in [-0.3, -0.25) is 4.79 Å². The fourth-order valence-corrected chi connectivity index (χ4v) is 4.76. The van der Waals surface area contributed by atoms with Gasteiger partial charge in [-0.15, -0.1) is 0 Å². The van der Waals surface area contributed by atoms with Gasteiger partial charge in [0.1, 0.15) is 11.6 Å². The van der Waals surface area contributed by atoms with Crippen LogP contribution in [0.15, 0.2) is 36.4 Å². The van der Waals surface area contributed by atoms with Crippen LogP contribution in [0.2, 0.25) is 0 Å². The summed E-state index contributed by atoms with van der Waals surface area (Å²) in [5.41, 5.74) is 1.70. The number of aliphatic carboxylic acids is 1. The number of hydrogen-bond acceptors (Lipinski definition) is 5. The number of carbonyl (C=O) groups is 2. The van der Waals surface area contributed by atoms with Crippen molar-refractivity contribution in [2.24, 2.45) is 0 Å². The number of benzene rings is 2. The summed E-state index contributed by atoms with van der Waals surface area (Å²) in [5, 5.41) is 18.4. The number of carboxylic acids is 1. The number of nitrogens with one attached hydrogen (secondary N) is 3. The molecule has 0 bridgehead atoms. The molecule has 2 saturated carbocycles. The summed E-state index contributed by atoms with van der Waals surface area (Å²) in [6, 6.07) is 10.00. The molecule has 7 nitrogen and oxygen atoms in total. The molecule has 2 fully saturated rings. The monoisotopic (exact) mass is 469 g/mol. The molecule has 0 heterocycles. The molecule has 34 heavy (non-hydrogen) atoms. The first-order valence-electron chi connectivity index (χ1n) is 12.1. The molecule has 2 aliphatic carbocycles. The van der Waals surface area contributed by atoms with Gasteiger partial charge in [-0.1, -0.05) is 38.2 Å². The molecule has 182 valence electrons. The Balaban J connectivity index is 1.55. The first-order valence-corrected chi connectivity index (χ1v) is 12.1. The third-order valence-corrected chi connectivity index (χ3v) is 6.49. The van der Waals surface area contributed by atoms with Crippen molar-refractivity contribution in [3.8, 4) is 5.75 Å². The first-order chi connectivity index (χ1) is 16.5. The number of halogens is 1. The summed E-state index contributed by atoms with van der Waals surface area (Å²) in [5.74, 6) is -1.66. The van der Waals surface area contributed by atoms with E-state index in [1.54, 1.807) is 30.3 Å². The lowest BCUT2D eigenvalue weighted by molar-refractivity contribution is -0.139. The van der Waals surface area contributed by atoms with E-state index in [0.29, 0.717) is 22.8 Å². The minimum absolute atomic E-state index is 0.232. The van der Waals surface area contributed by atoms with E-state index in [1.807, 2.05) is 0 Å². The lowest BCUT2D eigenvalue weighted by Crippen LogP contribution is -2.24. The molecule has 0 aliphatic heterocycles. The van der Waals surface area contributed by atoms with E-state index >= 15 is 4.39 Å². The largest absolute Gasteiger partial charge is 0.482 e. The standard InChI is InChI=1S/C26H32FN3O4/c27-22-14-21(26(33)30-19-11-6-12-20(13-19)34-16-25(31)32)23(28-17-9-4-5-10-17)15-24(22)29-18-7-2-1-3-8-18/h6,11-15,17-18,28-29H,1-5,7-10,16H2,(H,30,33)(H,31,32). The van der Waals surface area contributed by atoms with Crippen molar-refractivity contribution < 1.29 is 23.8 Å². The van der Waals surface area contributed by atoms with Gasteiger partial charge in [-0.25, -0.2) is 9.18 Å². The van der Waals surface area contributed by atoms with Crippen LogP contribution in [0.4, 0.5) is 21.5 Å². The third-order valence-electron chi connectivity index (χ3n) is 6.49. The maximum atomic E-state index is 15.1. The zero-order valence-electron chi connectivity index (χ0n) is 19.2. The first kappa shape index (κ1) is 23.9. The minimum atomic E-state index is -1.09. The van der Waals surface area contributed by atoms with Crippen LogP contribution in [0, 0.1) is 5.82 Å². The van der Waals surface area contributed by atoms with Crippen LogP contribution < -0.4 is 20.7 Å². The Hall–Kier alpha value is -3.29. The SMILES string of the molecule is O=C(O)COc1cccc(NC(=O)c2cc(F)c(NC3CCCCC3)cc2NC2CCCC2)c1. The highest BCUT2D eigenvalue weighted by Gasteiger charge is 2.22. The van der Waals surface area contributed by atoms with Crippen LogP contribution in [-0.4, -0.2) is 35.7 Å². The van der Waals surface area contributed by atoms with E-state index in [1.165, 1.54) is 12.5 Å². The van der Waals surface area contributed by atoms with Crippen molar-refractivity contribution in [3.05, 3.63) is 47.8 Å². The quantitative estimate of drug-likeness (QED) is 0.379. The van der Waals surface area contributed by atoms with Crippen molar-refractivity contribution in [2.75, 3.05) is 22.6 Å². The second-order valence-corrected chi connectivity index (χ2v) is 9.15. The van der Waals surface area contributed by atoms with Gasteiger partial charge in [-0.05, 0) is 49.9 Å². The smallest absolute Gasteiger partial charge is 0.341 e. The van der Waals surface area contributed by atoms with Gasteiger partial charge in [0, 0.05) is 29.5 Å². The average Bonchev–Trinajstić information content (AvgIpc) is 3.34. The maximum absolute atomic E-state index is 15.1. The average molecular weight is 470 g/mol. The molecular formula is C26H32FN3O4. The highest BCUT2D eigenvalue weighted by Crippen LogP contribution is 2.31. The molecule has 2 aromatic carbocycles. The number of carbonyl (C=O) groups excluding carboxylic acids is 1. The highest BCUT2D eigenvalue weighted by atomic mass is 19.1. The molecule has 1 amide bonds. The van der Waals surface area contributed by atoms with Crippen LogP contribution in [0.5, 0.6) is 5.75 Å². The van der Waals surface area contributed by atoms with Crippen LogP contribution in [0.3, 0.4) is 0 Å². The van der Waals surface area contributed by atoms with Crippen molar-refractivity contribution in [2.45, 2.75) is 69.9 Å². The van der Waals surface area contributed by atoms with E-state index in [4.69, 9.17) is 9.84 Å². The Morgan fingerprint density at radius 3 is 2.24 bits per heavy atom. The summed E-state index contributed by atoms with van der Waals surface area (Å²) in [7, 11) is 0. The van der Waals surface area contributed by atoms with E-state index in [-0.39, 0.29) is 17.6 Å². The van der Waals surface area contributed by atoms with Gasteiger partial charge in [0.05, 0.1) is 11.3 Å². The Morgan fingerprint density at radius 1 is 0.912 bits per heavy atom. The molecule has 0 atom stereocenters. The molecule has 0 saturated heterocycles. The zero-order chi connectivity index (χ0) is 23.9. The van der Waals surface area contributed by atoms with Gasteiger partial charge in [0.25, 0.3) is 5.91 Å². The van der Waals surface area contributed by atoms with Gasteiger partial charge in [0.2, 0.25) is 0 Å². The van der Waals surface area contributed by atoms with Gasteiger partial charge < -0.3 is 25.8 Å². The minimum Gasteiger partial charge on any atom is -0.482 e. The molecule has 4 N–H and O–H groups in total. The Bertz CT molecular complexity index is 1020. The predicted molar refractivity (Wildman–Crippen MR) is 130 cm³/mol. The molecule has 8 heteroatoms. The van der Waals surface area contributed by atoms with Gasteiger partial charge in [0.15, 0.2) is 6.61 Å². The predicted octanol–water partition coefficient (Wildman–Crippen LogP) is 5.64. The summed E-state index contributed by atoms with van der Waals surface area (Å²) in [4.78, 5) is 23.9. The molecule has 0 aromatic heterocycles. The lowest BCUT2D eigenvalue weighted by atomic mass is 9.95. The molecule has 2 aromatic rings. The van der Waals surface area contributed by atoms with Gasteiger partial charge in [-0.2, -0.15) is 0 Å². The van der Waals surface area contributed by atoms with Crippen LogP contribution in [-0.2, 0) is 4.79 Å². The molecule has 4 rings (SSSR count). The van der Waals surface area contributed by atoms with Gasteiger partial charge >= 0.3 is 5.97 Å². The summed E-state index contributed by atoms with van der Waals surface area (Å²) >= 11 is 0. The van der Waals surface area contributed by atoms with Crippen molar-refractivity contribution in [3.63, 3.8) is 0 Å². The molecule has 0 radical (unpaired) electrons.